The molecule has 0 bridgehead atoms. The molecule has 0 radical (unpaired) electrons. The zero-order valence-electron chi connectivity index (χ0n) is 11.1. The molecular formula is C14H19N3O. The first-order chi connectivity index (χ1) is 8.66. The van der Waals surface area contributed by atoms with E-state index in [-0.39, 0.29) is 0 Å². The van der Waals surface area contributed by atoms with Crippen LogP contribution >= 0.6 is 0 Å². The van der Waals surface area contributed by atoms with Crippen LogP contribution in [0, 0.1) is 6.92 Å². The summed E-state index contributed by atoms with van der Waals surface area (Å²) < 4.78 is 5.67. The van der Waals surface area contributed by atoms with Crippen LogP contribution in [0.2, 0.25) is 0 Å². The second-order valence-corrected chi connectivity index (χ2v) is 4.67. The minimum atomic E-state index is 0.476. The number of aromatic nitrogens is 2. The maximum Gasteiger partial charge on any atom is 0.247 e. The number of hydrogen-bond donors (Lipinski definition) is 1. The normalized spacial score (nSPS) is 11.1. The maximum atomic E-state index is 5.67. The van der Waals surface area contributed by atoms with Crippen LogP contribution in [0.3, 0.4) is 0 Å². The number of benzene rings is 1. The second kappa shape index (κ2) is 5.78. The van der Waals surface area contributed by atoms with E-state index in [2.05, 4.69) is 29.4 Å². The van der Waals surface area contributed by atoms with Crippen LogP contribution in [0.25, 0.3) is 11.5 Å². The van der Waals surface area contributed by atoms with Gasteiger partial charge in [-0.1, -0.05) is 32.0 Å². The molecule has 0 aliphatic heterocycles. The summed E-state index contributed by atoms with van der Waals surface area (Å²) in [7, 11) is 0. The summed E-state index contributed by atoms with van der Waals surface area (Å²) in [5.41, 5.74) is 2.15. The lowest BCUT2D eigenvalue weighted by molar-refractivity contribution is 0.484. The zero-order valence-corrected chi connectivity index (χ0v) is 11.1. The van der Waals surface area contributed by atoms with Crippen molar-refractivity contribution < 1.29 is 4.42 Å². The lowest BCUT2D eigenvalue weighted by Gasteiger charge is -2.04. The fourth-order valence-corrected chi connectivity index (χ4v) is 1.74. The van der Waals surface area contributed by atoms with Crippen molar-refractivity contribution >= 4 is 0 Å². The van der Waals surface area contributed by atoms with Gasteiger partial charge >= 0.3 is 0 Å². The van der Waals surface area contributed by atoms with Crippen LogP contribution in [0.1, 0.15) is 25.3 Å². The second-order valence-electron chi connectivity index (χ2n) is 4.67. The summed E-state index contributed by atoms with van der Waals surface area (Å²) in [4.78, 5) is 0. The molecule has 4 nitrogen and oxygen atoms in total. The highest BCUT2D eigenvalue weighted by Crippen LogP contribution is 2.21. The standard InChI is InChI=1S/C14H19N3O/c1-10(2)15-9-8-13-16-17-14(18-13)12-7-5-4-6-11(12)3/h4-7,10,15H,8-9H2,1-3H3. The number of rotatable bonds is 5. The Morgan fingerprint density at radius 2 is 2.00 bits per heavy atom. The van der Waals surface area contributed by atoms with Crippen molar-refractivity contribution in [1.82, 2.24) is 15.5 Å². The van der Waals surface area contributed by atoms with Gasteiger partial charge in [0.15, 0.2) is 0 Å². The topological polar surface area (TPSA) is 51.0 Å². The first-order valence-corrected chi connectivity index (χ1v) is 6.28. The van der Waals surface area contributed by atoms with Crippen LogP contribution in [-0.4, -0.2) is 22.8 Å². The summed E-state index contributed by atoms with van der Waals surface area (Å²) in [6.07, 6.45) is 0.761. The Hall–Kier alpha value is -1.68. The van der Waals surface area contributed by atoms with Gasteiger partial charge in [-0.2, -0.15) is 0 Å². The lowest BCUT2D eigenvalue weighted by atomic mass is 10.1. The molecule has 0 unspecified atom stereocenters. The van der Waals surface area contributed by atoms with Crippen LogP contribution < -0.4 is 5.32 Å². The third-order valence-corrected chi connectivity index (χ3v) is 2.73. The van der Waals surface area contributed by atoms with E-state index in [0.29, 0.717) is 17.8 Å². The van der Waals surface area contributed by atoms with Gasteiger partial charge in [0, 0.05) is 24.6 Å². The van der Waals surface area contributed by atoms with Crippen LogP contribution in [0.5, 0.6) is 0 Å². The molecule has 0 saturated heterocycles. The smallest absolute Gasteiger partial charge is 0.247 e. The number of nitrogens with one attached hydrogen (secondary N) is 1. The summed E-state index contributed by atoms with van der Waals surface area (Å²) >= 11 is 0. The Labute approximate surface area is 107 Å². The summed E-state index contributed by atoms with van der Waals surface area (Å²) in [5, 5.41) is 11.5. The molecule has 0 fully saturated rings. The van der Waals surface area contributed by atoms with Gasteiger partial charge in [-0.15, -0.1) is 10.2 Å². The molecule has 0 spiro atoms. The fraction of sp³-hybridized carbons (Fsp3) is 0.429. The van der Waals surface area contributed by atoms with Crippen molar-refractivity contribution in [3.8, 4) is 11.5 Å². The summed E-state index contributed by atoms with van der Waals surface area (Å²) in [6, 6.07) is 8.50. The molecule has 0 atom stereocenters. The molecule has 1 aromatic carbocycles. The molecule has 1 heterocycles. The van der Waals surface area contributed by atoms with Crippen LogP contribution in [0.15, 0.2) is 28.7 Å². The van der Waals surface area contributed by atoms with E-state index in [0.717, 1.165) is 24.1 Å². The molecule has 1 aromatic heterocycles. The Morgan fingerprint density at radius 3 is 2.72 bits per heavy atom. The predicted octanol–water partition coefficient (Wildman–Crippen LogP) is 2.59. The minimum Gasteiger partial charge on any atom is -0.421 e. The number of nitrogens with zero attached hydrogens (tertiary/aromatic N) is 2. The van der Waals surface area contributed by atoms with Crippen LogP contribution in [0.4, 0.5) is 0 Å². The van der Waals surface area contributed by atoms with Crippen molar-refractivity contribution in [2.45, 2.75) is 33.2 Å². The monoisotopic (exact) mass is 245 g/mol. The van der Waals surface area contributed by atoms with Gasteiger partial charge in [-0.3, -0.25) is 0 Å². The van der Waals surface area contributed by atoms with Gasteiger partial charge in [-0.05, 0) is 18.6 Å². The molecule has 2 aromatic rings. The van der Waals surface area contributed by atoms with E-state index in [1.165, 1.54) is 0 Å². The van der Waals surface area contributed by atoms with Gasteiger partial charge in [0.1, 0.15) is 0 Å². The minimum absolute atomic E-state index is 0.476. The van der Waals surface area contributed by atoms with E-state index in [1.807, 2.05) is 31.2 Å². The SMILES string of the molecule is Cc1ccccc1-c1nnc(CCNC(C)C)o1. The Morgan fingerprint density at radius 1 is 1.22 bits per heavy atom. The average molecular weight is 245 g/mol. The van der Waals surface area contributed by atoms with Crippen molar-refractivity contribution in [3.63, 3.8) is 0 Å². The predicted molar refractivity (Wildman–Crippen MR) is 71.3 cm³/mol. The fourth-order valence-electron chi connectivity index (χ4n) is 1.74. The van der Waals surface area contributed by atoms with Gasteiger partial charge in [0.05, 0.1) is 0 Å². The highest BCUT2D eigenvalue weighted by Gasteiger charge is 2.10. The molecule has 2 rings (SSSR count). The Kier molecular flexibility index (Phi) is 4.10. The third-order valence-electron chi connectivity index (χ3n) is 2.73. The van der Waals surface area contributed by atoms with Crippen molar-refractivity contribution in [2.75, 3.05) is 6.54 Å². The molecule has 96 valence electrons. The van der Waals surface area contributed by atoms with Crippen LogP contribution in [-0.2, 0) is 6.42 Å². The van der Waals surface area contributed by atoms with Crippen molar-refractivity contribution in [1.29, 1.82) is 0 Å². The molecule has 18 heavy (non-hydrogen) atoms. The average Bonchev–Trinajstić information content (AvgIpc) is 2.78. The Balaban J connectivity index is 2.04. The van der Waals surface area contributed by atoms with Crippen molar-refractivity contribution in [2.24, 2.45) is 0 Å². The summed E-state index contributed by atoms with van der Waals surface area (Å²) in [6.45, 7) is 7.13. The highest BCUT2D eigenvalue weighted by molar-refractivity contribution is 5.57. The van der Waals surface area contributed by atoms with Crippen molar-refractivity contribution in [3.05, 3.63) is 35.7 Å². The molecule has 0 aliphatic rings. The quantitative estimate of drug-likeness (QED) is 0.879. The highest BCUT2D eigenvalue weighted by atomic mass is 16.4. The van der Waals surface area contributed by atoms with E-state index in [1.54, 1.807) is 0 Å². The zero-order chi connectivity index (χ0) is 13.0. The van der Waals surface area contributed by atoms with E-state index < -0.39 is 0 Å². The molecule has 0 saturated carbocycles. The van der Waals surface area contributed by atoms with Gasteiger partial charge < -0.3 is 9.73 Å². The first kappa shape index (κ1) is 12.8. The molecule has 4 heteroatoms. The Bertz CT molecular complexity index is 505. The van der Waals surface area contributed by atoms with E-state index in [9.17, 15) is 0 Å². The number of hydrogen-bond acceptors (Lipinski definition) is 4. The van der Waals surface area contributed by atoms with Gasteiger partial charge in [0.25, 0.3) is 0 Å². The number of aryl methyl sites for hydroxylation is 1. The first-order valence-electron chi connectivity index (χ1n) is 6.28. The summed E-state index contributed by atoms with van der Waals surface area (Å²) in [5.74, 6) is 1.29. The third kappa shape index (κ3) is 3.17. The van der Waals surface area contributed by atoms with E-state index in [4.69, 9.17) is 4.42 Å². The van der Waals surface area contributed by atoms with E-state index >= 15 is 0 Å². The molecule has 0 amide bonds. The maximum absolute atomic E-state index is 5.67. The largest absolute Gasteiger partial charge is 0.421 e. The molecule has 0 aliphatic carbocycles. The van der Waals surface area contributed by atoms with Gasteiger partial charge in [-0.25, -0.2) is 0 Å². The van der Waals surface area contributed by atoms with Gasteiger partial charge in [0.2, 0.25) is 11.8 Å². The molecule has 1 N–H and O–H groups in total. The lowest BCUT2D eigenvalue weighted by Crippen LogP contribution is -2.25. The molecular weight excluding hydrogens is 226 g/mol.